The van der Waals surface area contributed by atoms with Gasteiger partial charge in [-0.3, -0.25) is 9.88 Å². The van der Waals surface area contributed by atoms with Gasteiger partial charge < -0.3 is 9.74 Å². The van der Waals surface area contributed by atoms with Gasteiger partial charge in [0.05, 0.1) is 5.69 Å². The number of hydrogen-bond donors (Lipinski definition) is 0. The summed E-state index contributed by atoms with van der Waals surface area (Å²) in [5.74, 6) is 0. The number of nitrogens with zero attached hydrogens (tertiary/aromatic N) is 4. The molecule has 3 heterocycles. The summed E-state index contributed by atoms with van der Waals surface area (Å²) in [5, 5.41) is 4.20. The standard InChI is InChI=1S/C14H19BrN4O/c1-18-4-6-19(7-5-18)10-12-8-14(17-20-12)13-3-2-11(15)9-16-13/h2-3,9,12H,4-8,10H2,1H3. The van der Waals surface area contributed by atoms with Crippen LogP contribution in [0.2, 0.25) is 0 Å². The van der Waals surface area contributed by atoms with Crippen LogP contribution in [0.15, 0.2) is 28.0 Å². The molecule has 2 aliphatic heterocycles. The van der Waals surface area contributed by atoms with E-state index in [-0.39, 0.29) is 6.10 Å². The van der Waals surface area contributed by atoms with Gasteiger partial charge in [0.25, 0.3) is 0 Å². The fourth-order valence-corrected chi connectivity index (χ4v) is 2.78. The highest BCUT2D eigenvalue weighted by Crippen LogP contribution is 2.18. The second-order valence-corrected chi connectivity index (χ2v) is 6.35. The first-order chi connectivity index (χ1) is 9.70. The summed E-state index contributed by atoms with van der Waals surface area (Å²) in [5.41, 5.74) is 1.87. The largest absolute Gasteiger partial charge is 0.390 e. The minimum absolute atomic E-state index is 0.166. The molecule has 20 heavy (non-hydrogen) atoms. The van der Waals surface area contributed by atoms with Gasteiger partial charge in [-0.2, -0.15) is 0 Å². The molecule has 1 atom stereocenters. The van der Waals surface area contributed by atoms with Gasteiger partial charge in [-0.15, -0.1) is 0 Å². The van der Waals surface area contributed by atoms with Gasteiger partial charge in [0.2, 0.25) is 0 Å². The zero-order valence-electron chi connectivity index (χ0n) is 11.6. The Morgan fingerprint density at radius 1 is 1.30 bits per heavy atom. The highest BCUT2D eigenvalue weighted by molar-refractivity contribution is 9.10. The molecular weight excluding hydrogens is 320 g/mol. The third-order valence-electron chi connectivity index (χ3n) is 3.81. The monoisotopic (exact) mass is 338 g/mol. The molecule has 1 aromatic heterocycles. The zero-order valence-corrected chi connectivity index (χ0v) is 13.2. The number of pyridine rings is 1. The molecular formula is C14H19BrN4O. The highest BCUT2D eigenvalue weighted by atomic mass is 79.9. The smallest absolute Gasteiger partial charge is 0.145 e. The Morgan fingerprint density at radius 2 is 2.10 bits per heavy atom. The average molecular weight is 339 g/mol. The predicted molar refractivity (Wildman–Crippen MR) is 81.9 cm³/mol. The van der Waals surface area contributed by atoms with Crippen LogP contribution < -0.4 is 0 Å². The van der Waals surface area contributed by atoms with E-state index in [0.29, 0.717) is 0 Å². The lowest BCUT2D eigenvalue weighted by atomic mass is 10.1. The van der Waals surface area contributed by atoms with Crippen LogP contribution in [0.3, 0.4) is 0 Å². The van der Waals surface area contributed by atoms with E-state index >= 15 is 0 Å². The molecule has 6 heteroatoms. The zero-order chi connectivity index (χ0) is 13.9. The summed E-state index contributed by atoms with van der Waals surface area (Å²) < 4.78 is 0.981. The minimum atomic E-state index is 0.166. The Bertz CT molecular complexity index is 482. The maximum atomic E-state index is 5.56. The number of piperazine rings is 1. The highest BCUT2D eigenvalue weighted by Gasteiger charge is 2.26. The maximum absolute atomic E-state index is 5.56. The van der Waals surface area contributed by atoms with Gasteiger partial charge >= 0.3 is 0 Å². The van der Waals surface area contributed by atoms with Crippen molar-refractivity contribution in [1.82, 2.24) is 14.8 Å². The number of oxime groups is 1. The van der Waals surface area contributed by atoms with Crippen LogP contribution in [-0.4, -0.2) is 66.4 Å². The van der Waals surface area contributed by atoms with Gasteiger partial charge in [-0.1, -0.05) is 5.16 Å². The Kier molecular flexibility index (Phi) is 4.33. The van der Waals surface area contributed by atoms with Crippen molar-refractivity contribution in [3.05, 3.63) is 28.5 Å². The fourth-order valence-electron chi connectivity index (χ4n) is 2.54. The average Bonchev–Trinajstić information content (AvgIpc) is 2.91. The molecule has 1 aromatic rings. The van der Waals surface area contributed by atoms with Crippen molar-refractivity contribution in [2.45, 2.75) is 12.5 Å². The van der Waals surface area contributed by atoms with Crippen molar-refractivity contribution in [2.24, 2.45) is 5.16 Å². The number of hydrogen-bond acceptors (Lipinski definition) is 5. The van der Waals surface area contributed by atoms with Gasteiger partial charge in [0.15, 0.2) is 0 Å². The van der Waals surface area contributed by atoms with Crippen LogP contribution in [0, 0.1) is 0 Å². The van der Waals surface area contributed by atoms with E-state index in [9.17, 15) is 0 Å². The van der Waals surface area contributed by atoms with Crippen LogP contribution in [0.1, 0.15) is 12.1 Å². The molecule has 2 aliphatic rings. The Balaban J connectivity index is 1.52. The topological polar surface area (TPSA) is 41.0 Å². The van der Waals surface area contributed by atoms with Crippen LogP contribution in [0.4, 0.5) is 0 Å². The molecule has 0 spiro atoms. The van der Waals surface area contributed by atoms with E-state index in [2.05, 4.69) is 42.9 Å². The second kappa shape index (κ2) is 6.20. The third kappa shape index (κ3) is 3.37. The first-order valence-corrected chi connectivity index (χ1v) is 7.75. The van der Waals surface area contributed by atoms with Crippen molar-refractivity contribution in [3.8, 4) is 0 Å². The van der Waals surface area contributed by atoms with E-state index < -0.39 is 0 Å². The molecule has 108 valence electrons. The Morgan fingerprint density at radius 3 is 2.80 bits per heavy atom. The summed E-state index contributed by atoms with van der Waals surface area (Å²) in [6.45, 7) is 5.45. The lowest BCUT2D eigenvalue weighted by molar-refractivity contribution is 0.0384. The molecule has 1 fully saturated rings. The van der Waals surface area contributed by atoms with Gasteiger partial charge in [0, 0.05) is 49.8 Å². The molecule has 3 rings (SSSR count). The Hall–Kier alpha value is -0.980. The molecule has 0 N–H and O–H groups in total. The van der Waals surface area contributed by atoms with E-state index in [1.807, 2.05) is 12.1 Å². The van der Waals surface area contributed by atoms with Crippen molar-refractivity contribution < 1.29 is 4.84 Å². The molecule has 1 unspecified atom stereocenters. The van der Waals surface area contributed by atoms with E-state index in [1.165, 1.54) is 0 Å². The van der Waals surface area contributed by atoms with E-state index in [1.54, 1.807) is 6.20 Å². The van der Waals surface area contributed by atoms with Crippen molar-refractivity contribution >= 4 is 21.6 Å². The Labute approximate surface area is 127 Å². The molecule has 0 aromatic carbocycles. The molecule has 1 saturated heterocycles. The first kappa shape index (κ1) is 14.0. The molecule has 0 saturated carbocycles. The normalized spacial score (nSPS) is 24.5. The van der Waals surface area contributed by atoms with Crippen molar-refractivity contribution in [2.75, 3.05) is 39.8 Å². The molecule has 0 aliphatic carbocycles. The first-order valence-electron chi connectivity index (χ1n) is 6.96. The molecule has 0 radical (unpaired) electrons. The van der Waals surface area contributed by atoms with Crippen LogP contribution in [0.25, 0.3) is 0 Å². The molecule has 0 bridgehead atoms. The van der Waals surface area contributed by atoms with Gasteiger partial charge in [0.1, 0.15) is 11.8 Å². The fraction of sp³-hybridized carbons (Fsp3) is 0.571. The van der Waals surface area contributed by atoms with Crippen LogP contribution in [-0.2, 0) is 4.84 Å². The summed E-state index contributed by atoms with van der Waals surface area (Å²) in [6.07, 6.45) is 2.81. The van der Waals surface area contributed by atoms with E-state index in [0.717, 1.165) is 55.0 Å². The minimum Gasteiger partial charge on any atom is -0.390 e. The number of halogens is 1. The quantitative estimate of drug-likeness (QED) is 0.839. The van der Waals surface area contributed by atoms with Crippen LogP contribution >= 0.6 is 15.9 Å². The lowest BCUT2D eigenvalue weighted by Gasteiger charge is -2.33. The van der Waals surface area contributed by atoms with Gasteiger partial charge in [-0.05, 0) is 35.1 Å². The SMILES string of the molecule is CN1CCN(CC2CC(c3ccc(Br)cn3)=NO2)CC1. The summed E-state index contributed by atoms with van der Waals surface area (Å²) >= 11 is 3.39. The van der Waals surface area contributed by atoms with E-state index in [4.69, 9.17) is 4.84 Å². The number of rotatable bonds is 3. The second-order valence-electron chi connectivity index (χ2n) is 5.44. The van der Waals surface area contributed by atoms with Crippen molar-refractivity contribution in [3.63, 3.8) is 0 Å². The molecule has 0 amide bonds. The summed E-state index contributed by atoms with van der Waals surface area (Å²) in [6, 6.07) is 3.96. The summed E-state index contributed by atoms with van der Waals surface area (Å²) in [7, 11) is 2.17. The van der Waals surface area contributed by atoms with Crippen molar-refractivity contribution in [1.29, 1.82) is 0 Å². The summed E-state index contributed by atoms with van der Waals surface area (Å²) in [4.78, 5) is 14.8. The van der Waals surface area contributed by atoms with Gasteiger partial charge in [-0.25, -0.2) is 0 Å². The molecule has 5 nitrogen and oxygen atoms in total. The maximum Gasteiger partial charge on any atom is 0.145 e. The number of likely N-dealkylation sites (N-methyl/N-ethyl adjacent to an activating group) is 1. The number of aromatic nitrogens is 1. The third-order valence-corrected chi connectivity index (χ3v) is 4.28. The lowest BCUT2D eigenvalue weighted by Crippen LogP contribution is -2.47. The van der Waals surface area contributed by atoms with Crippen LogP contribution in [0.5, 0.6) is 0 Å². The predicted octanol–water partition coefficient (Wildman–Crippen LogP) is 1.58.